The Hall–Kier alpha value is -1.40. The van der Waals surface area contributed by atoms with E-state index in [-0.39, 0.29) is 6.10 Å². The van der Waals surface area contributed by atoms with E-state index in [0.29, 0.717) is 0 Å². The van der Waals surface area contributed by atoms with Gasteiger partial charge in [0.05, 0.1) is 6.54 Å². The highest BCUT2D eigenvalue weighted by atomic mass is 32.1. The zero-order valence-corrected chi connectivity index (χ0v) is 13.8. The fourth-order valence-corrected chi connectivity index (χ4v) is 3.78. The van der Waals surface area contributed by atoms with E-state index >= 15 is 0 Å². The Balaban J connectivity index is 1.63. The van der Waals surface area contributed by atoms with Gasteiger partial charge in [-0.2, -0.15) is 0 Å². The van der Waals surface area contributed by atoms with E-state index in [2.05, 4.69) is 44.2 Å². The molecule has 0 aromatic carbocycles. The number of aromatic nitrogens is 3. The van der Waals surface area contributed by atoms with Crippen molar-refractivity contribution in [2.75, 3.05) is 25.1 Å². The van der Waals surface area contributed by atoms with Gasteiger partial charge in [-0.05, 0) is 43.0 Å². The van der Waals surface area contributed by atoms with Crippen molar-refractivity contribution in [3.63, 3.8) is 0 Å². The first-order chi connectivity index (χ1) is 10.8. The maximum atomic E-state index is 5.85. The van der Waals surface area contributed by atoms with Gasteiger partial charge in [-0.1, -0.05) is 6.07 Å². The lowest BCUT2D eigenvalue weighted by Gasteiger charge is -2.20. The van der Waals surface area contributed by atoms with Crippen molar-refractivity contribution >= 4 is 17.3 Å². The molecule has 118 valence electrons. The molecule has 0 bridgehead atoms. The van der Waals surface area contributed by atoms with Crippen molar-refractivity contribution in [3.05, 3.63) is 28.2 Å². The van der Waals surface area contributed by atoms with Gasteiger partial charge in [0.2, 0.25) is 5.95 Å². The predicted octanol–water partition coefficient (Wildman–Crippen LogP) is 3.09. The molecule has 22 heavy (non-hydrogen) atoms. The lowest BCUT2D eigenvalue weighted by atomic mass is 10.2. The zero-order valence-electron chi connectivity index (χ0n) is 12.9. The Labute approximate surface area is 134 Å². The van der Waals surface area contributed by atoms with Gasteiger partial charge in [0.1, 0.15) is 6.10 Å². The van der Waals surface area contributed by atoms with Crippen molar-refractivity contribution < 1.29 is 4.74 Å². The molecule has 1 atom stereocenters. The first-order valence-electron chi connectivity index (χ1n) is 8.09. The smallest absolute Gasteiger partial charge is 0.227 e. The quantitative estimate of drug-likeness (QED) is 0.821. The molecule has 4 rings (SSSR count). The third kappa shape index (κ3) is 2.90. The molecule has 5 nitrogen and oxygen atoms in total. The van der Waals surface area contributed by atoms with Gasteiger partial charge in [0, 0.05) is 25.1 Å². The second-order valence-corrected chi connectivity index (χ2v) is 7.38. The molecular formula is C16H22N4OS. The summed E-state index contributed by atoms with van der Waals surface area (Å²) in [4.78, 5) is 3.59. The topological polar surface area (TPSA) is 43.2 Å². The Kier molecular flexibility index (Phi) is 3.88. The monoisotopic (exact) mass is 318 g/mol. The van der Waals surface area contributed by atoms with Gasteiger partial charge in [0.25, 0.3) is 0 Å². The largest absolute Gasteiger partial charge is 0.370 e. The van der Waals surface area contributed by atoms with Gasteiger partial charge in [-0.15, -0.1) is 21.5 Å². The minimum absolute atomic E-state index is 0.107. The summed E-state index contributed by atoms with van der Waals surface area (Å²) < 4.78 is 8.10. The van der Waals surface area contributed by atoms with Crippen LogP contribution in [0.3, 0.4) is 0 Å². The SMILES string of the molecule is CN(CC1CC1)c1nnc([C@H]2CCCO2)n1Cc1cccs1. The van der Waals surface area contributed by atoms with Crippen molar-refractivity contribution in [1.29, 1.82) is 0 Å². The van der Waals surface area contributed by atoms with Crippen LogP contribution in [0.2, 0.25) is 0 Å². The third-order valence-electron chi connectivity index (χ3n) is 4.44. The summed E-state index contributed by atoms with van der Waals surface area (Å²) in [6.07, 6.45) is 4.97. The molecule has 2 aliphatic rings. The highest BCUT2D eigenvalue weighted by Crippen LogP contribution is 2.33. The summed E-state index contributed by atoms with van der Waals surface area (Å²) in [5.41, 5.74) is 0. The number of nitrogens with zero attached hydrogens (tertiary/aromatic N) is 4. The Morgan fingerprint density at radius 3 is 2.95 bits per heavy atom. The molecule has 6 heteroatoms. The summed E-state index contributed by atoms with van der Waals surface area (Å²) in [6.45, 7) is 2.75. The van der Waals surface area contributed by atoms with Crippen molar-refractivity contribution in [3.8, 4) is 0 Å². The molecule has 1 saturated carbocycles. The van der Waals surface area contributed by atoms with E-state index in [9.17, 15) is 0 Å². The lowest BCUT2D eigenvalue weighted by Crippen LogP contribution is -2.24. The molecule has 0 amide bonds. The molecule has 2 aromatic heterocycles. The summed E-state index contributed by atoms with van der Waals surface area (Å²) in [5.74, 6) is 2.80. The van der Waals surface area contributed by atoms with Gasteiger partial charge < -0.3 is 9.64 Å². The minimum Gasteiger partial charge on any atom is -0.370 e. The average Bonchev–Trinajstić information content (AvgIpc) is 2.98. The first-order valence-corrected chi connectivity index (χ1v) is 8.97. The molecule has 0 N–H and O–H groups in total. The number of thiophene rings is 1. The van der Waals surface area contributed by atoms with E-state index in [1.807, 2.05) is 0 Å². The fourth-order valence-electron chi connectivity index (χ4n) is 3.09. The second kappa shape index (κ2) is 6.01. The van der Waals surface area contributed by atoms with Crippen LogP contribution in [-0.2, 0) is 11.3 Å². The highest BCUT2D eigenvalue weighted by molar-refractivity contribution is 7.09. The molecule has 0 unspecified atom stereocenters. The molecule has 0 spiro atoms. The molecule has 1 aliphatic heterocycles. The Bertz CT molecular complexity index is 614. The maximum absolute atomic E-state index is 5.85. The molecule has 3 heterocycles. The second-order valence-electron chi connectivity index (χ2n) is 6.35. The molecule has 0 radical (unpaired) electrons. The van der Waals surface area contributed by atoms with E-state index in [1.165, 1.54) is 17.7 Å². The number of hydrogen-bond donors (Lipinski definition) is 0. The van der Waals surface area contributed by atoms with Gasteiger partial charge in [0.15, 0.2) is 5.82 Å². The van der Waals surface area contributed by atoms with Crippen LogP contribution in [0.25, 0.3) is 0 Å². The molecule has 1 saturated heterocycles. The Morgan fingerprint density at radius 1 is 1.36 bits per heavy atom. The van der Waals surface area contributed by atoms with Crippen molar-refractivity contribution in [1.82, 2.24) is 14.8 Å². The van der Waals surface area contributed by atoms with Crippen LogP contribution in [0.4, 0.5) is 5.95 Å². The minimum atomic E-state index is 0.107. The van der Waals surface area contributed by atoms with E-state index in [4.69, 9.17) is 4.74 Å². The molecular weight excluding hydrogens is 296 g/mol. The van der Waals surface area contributed by atoms with Crippen LogP contribution in [0, 0.1) is 5.92 Å². The first kappa shape index (κ1) is 14.2. The fraction of sp³-hybridized carbons (Fsp3) is 0.625. The van der Waals surface area contributed by atoms with Crippen molar-refractivity contribution in [2.45, 2.75) is 38.3 Å². The van der Waals surface area contributed by atoms with E-state index < -0.39 is 0 Å². The van der Waals surface area contributed by atoms with E-state index in [1.54, 1.807) is 11.3 Å². The van der Waals surface area contributed by atoms with Crippen LogP contribution >= 0.6 is 11.3 Å². The standard InChI is InChI=1S/C16H22N4OS/c1-19(10-12-6-7-12)16-18-17-15(14-5-2-8-21-14)20(16)11-13-4-3-9-22-13/h3-4,9,12,14H,2,5-8,10-11H2,1H3/t14-/m1/s1. The molecule has 2 fully saturated rings. The number of anilines is 1. The molecule has 2 aromatic rings. The normalized spacial score (nSPS) is 21.4. The third-order valence-corrected chi connectivity index (χ3v) is 5.30. The highest BCUT2D eigenvalue weighted by Gasteiger charge is 2.29. The average molecular weight is 318 g/mol. The van der Waals surface area contributed by atoms with Gasteiger partial charge >= 0.3 is 0 Å². The van der Waals surface area contributed by atoms with Crippen LogP contribution in [-0.4, -0.2) is 35.0 Å². The number of rotatable bonds is 6. The maximum Gasteiger partial charge on any atom is 0.227 e. The van der Waals surface area contributed by atoms with Crippen LogP contribution in [0.15, 0.2) is 17.5 Å². The van der Waals surface area contributed by atoms with Gasteiger partial charge in [-0.3, -0.25) is 4.57 Å². The number of hydrogen-bond acceptors (Lipinski definition) is 5. The molecule has 1 aliphatic carbocycles. The van der Waals surface area contributed by atoms with Crippen LogP contribution < -0.4 is 4.90 Å². The summed E-state index contributed by atoms with van der Waals surface area (Å²) in [5, 5.41) is 11.1. The Morgan fingerprint density at radius 2 is 2.27 bits per heavy atom. The predicted molar refractivity (Wildman–Crippen MR) is 87.4 cm³/mol. The summed E-state index contributed by atoms with van der Waals surface area (Å²) in [7, 11) is 2.13. The number of ether oxygens (including phenoxy) is 1. The van der Waals surface area contributed by atoms with Gasteiger partial charge in [-0.25, -0.2) is 0 Å². The zero-order chi connectivity index (χ0) is 14.9. The summed E-state index contributed by atoms with van der Waals surface area (Å²) in [6, 6.07) is 4.28. The van der Waals surface area contributed by atoms with Crippen LogP contribution in [0.1, 0.15) is 42.5 Å². The van der Waals surface area contributed by atoms with Crippen molar-refractivity contribution in [2.24, 2.45) is 5.92 Å². The van der Waals surface area contributed by atoms with Crippen LogP contribution in [0.5, 0.6) is 0 Å². The summed E-state index contributed by atoms with van der Waals surface area (Å²) >= 11 is 1.78. The lowest BCUT2D eigenvalue weighted by molar-refractivity contribution is 0.102. The van der Waals surface area contributed by atoms with E-state index in [0.717, 1.165) is 50.2 Å².